The number of hydrogen-bond donors (Lipinski definition) is 0. The van der Waals surface area contributed by atoms with E-state index in [2.05, 4.69) is 0 Å². The zero-order valence-electron chi connectivity index (χ0n) is 13.5. The first-order valence-electron chi connectivity index (χ1n) is 7.76. The first kappa shape index (κ1) is 18.3. The summed E-state index contributed by atoms with van der Waals surface area (Å²) in [4.78, 5) is 22.8. The van der Waals surface area contributed by atoms with Crippen molar-refractivity contribution in [3.8, 4) is 0 Å². The van der Waals surface area contributed by atoms with Gasteiger partial charge in [-0.15, -0.1) is 0 Å². The second-order valence-electron chi connectivity index (χ2n) is 5.69. The summed E-state index contributed by atoms with van der Waals surface area (Å²) >= 11 is 0. The molecule has 0 heterocycles. The van der Waals surface area contributed by atoms with Gasteiger partial charge < -0.3 is 4.74 Å². The van der Waals surface area contributed by atoms with Gasteiger partial charge in [0.15, 0.2) is 5.78 Å². The molecule has 0 aromatic heterocycles. The van der Waals surface area contributed by atoms with Gasteiger partial charge in [-0.1, -0.05) is 50.6 Å². The molecule has 1 rings (SSSR count). The molecule has 5 nitrogen and oxygen atoms in total. The Bertz CT molecular complexity index is 475. The van der Waals surface area contributed by atoms with Crippen molar-refractivity contribution in [1.29, 1.82) is 0 Å². The molecule has 0 saturated carbocycles. The highest BCUT2D eigenvalue weighted by molar-refractivity contribution is 5.85. The molecule has 1 aromatic carbocycles. The summed E-state index contributed by atoms with van der Waals surface area (Å²) in [6.45, 7) is 5.67. The molecule has 0 radical (unpaired) electrons. The molecular formula is C17H25NO4. The van der Waals surface area contributed by atoms with E-state index >= 15 is 0 Å². The van der Waals surface area contributed by atoms with Gasteiger partial charge in [0, 0.05) is 16.8 Å². The highest BCUT2D eigenvalue weighted by Gasteiger charge is 2.30. The summed E-state index contributed by atoms with van der Waals surface area (Å²) < 4.78 is 5.62. The summed E-state index contributed by atoms with van der Waals surface area (Å²) in [6.07, 6.45) is 0.954. The Morgan fingerprint density at radius 2 is 1.91 bits per heavy atom. The lowest BCUT2D eigenvalue weighted by Gasteiger charge is -2.22. The van der Waals surface area contributed by atoms with E-state index in [4.69, 9.17) is 4.74 Å². The number of Topliss-reactive ketones (excluding diaryl/α,β-unsaturated/α-hetero) is 1. The molecule has 122 valence electrons. The average molecular weight is 307 g/mol. The van der Waals surface area contributed by atoms with Crippen molar-refractivity contribution in [2.45, 2.75) is 46.3 Å². The van der Waals surface area contributed by atoms with Crippen LogP contribution in [0, 0.1) is 22.0 Å². The zero-order valence-corrected chi connectivity index (χ0v) is 13.5. The third kappa shape index (κ3) is 5.93. The Morgan fingerprint density at radius 1 is 1.27 bits per heavy atom. The number of rotatable bonds is 10. The topological polar surface area (TPSA) is 69.4 Å². The molecular weight excluding hydrogens is 282 g/mol. The van der Waals surface area contributed by atoms with Crippen LogP contribution in [0.2, 0.25) is 0 Å². The predicted molar refractivity (Wildman–Crippen MR) is 85.1 cm³/mol. The second-order valence-corrected chi connectivity index (χ2v) is 5.69. The van der Waals surface area contributed by atoms with Crippen LogP contribution in [0.15, 0.2) is 30.3 Å². The minimum Gasteiger partial charge on any atom is -0.366 e. The number of hydrogen-bond acceptors (Lipinski definition) is 4. The Labute approximate surface area is 131 Å². The highest BCUT2D eigenvalue weighted by Crippen LogP contribution is 2.21. The van der Waals surface area contributed by atoms with Gasteiger partial charge in [-0.2, -0.15) is 0 Å². The molecule has 0 fully saturated rings. The number of benzene rings is 1. The van der Waals surface area contributed by atoms with Crippen LogP contribution in [-0.2, 0) is 16.1 Å². The third-order valence-corrected chi connectivity index (χ3v) is 3.94. The number of ketones is 1. The van der Waals surface area contributed by atoms with Crippen molar-refractivity contribution >= 4 is 5.78 Å². The molecule has 0 aliphatic heterocycles. The molecule has 22 heavy (non-hydrogen) atoms. The lowest BCUT2D eigenvalue weighted by atomic mass is 9.85. The molecule has 5 heteroatoms. The number of ether oxygens (including phenoxy) is 1. The summed E-state index contributed by atoms with van der Waals surface area (Å²) in [7, 11) is 0. The summed E-state index contributed by atoms with van der Waals surface area (Å²) in [5.41, 5.74) is 1.00. The molecule has 3 atom stereocenters. The number of carbonyl (C=O) groups excluding carboxylic acids is 1. The molecule has 1 aromatic rings. The van der Waals surface area contributed by atoms with E-state index in [9.17, 15) is 14.9 Å². The Morgan fingerprint density at radius 3 is 2.45 bits per heavy atom. The second kappa shape index (κ2) is 9.30. The average Bonchev–Trinajstić information content (AvgIpc) is 2.51. The van der Waals surface area contributed by atoms with Crippen molar-refractivity contribution in [2.24, 2.45) is 11.8 Å². The summed E-state index contributed by atoms with van der Waals surface area (Å²) in [6, 6.07) is 9.64. The van der Waals surface area contributed by atoms with E-state index in [1.54, 1.807) is 13.8 Å². The van der Waals surface area contributed by atoms with Gasteiger partial charge in [-0.3, -0.25) is 14.9 Å². The predicted octanol–water partition coefficient (Wildman–Crippen LogP) is 3.49. The molecule has 0 unspecified atom stereocenters. The molecule has 0 saturated heterocycles. The van der Waals surface area contributed by atoms with Gasteiger partial charge in [0.25, 0.3) is 0 Å². The van der Waals surface area contributed by atoms with Gasteiger partial charge in [0.05, 0.1) is 6.61 Å². The van der Waals surface area contributed by atoms with Crippen LogP contribution in [0.5, 0.6) is 0 Å². The van der Waals surface area contributed by atoms with Gasteiger partial charge in [-0.05, 0) is 18.9 Å². The van der Waals surface area contributed by atoms with Crippen molar-refractivity contribution in [3.63, 3.8) is 0 Å². The van der Waals surface area contributed by atoms with Crippen molar-refractivity contribution < 1.29 is 14.5 Å². The van der Waals surface area contributed by atoms with Gasteiger partial charge >= 0.3 is 0 Å². The van der Waals surface area contributed by atoms with Crippen LogP contribution in [-0.4, -0.2) is 23.4 Å². The first-order valence-corrected chi connectivity index (χ1v) is 7.76. The van der Waals surface area contributed by atoms with Crippen molar-refractivity contribution in [1.82, 2.24) is 0 Å². The first-order chi connectivity index (χ1) is 10.5. The van der Waals surface area contributed by atoms with Crippen molar-refractivity contribution in [2.75, 3.05) is 6.54 Å². The molecule has 0 N–H and O–H groups in total. The largest absolute Gasteiger partial charge is 0.366 e. The normalized spacial score (nSPS) is 15.0. The van der Waals surface area contributed by atoms with Crippen LogP contribution in [0.3, 0.4) is 0 Å². The lowest BCUT2D eigenvalue weighted by Crippen LogP contribution is -2.34. The maximum Gasteiger partial charge on any atom is 0.207 e. The van der Waals surface area contributed by atoms with Gasteiger partial charge in [-0.25, -0.2) is 0 Å². The van der Waals surface area contributed by atoms with Crippen molar-refractivity contribution in [3.05, 3.63) is 46.0 Å². The minimum atomic E-state index is -0.554. The molecule has 0 spiro atoms. The molecule has 0 bridgehead atoms. The lowest BCUT2D eigenvalue weighted by molar-refractivity contribution is -0.489. The third-order valence-electron chi connectivity index (χ3n) is 3.94. The van der Waals surface area contributed by atoms with E-state index in [1.165, 1.54) is 0 Å². The maximum absolute atomic E-state index is 12.4. The van der Waals surface area contributed by atoms with Crippen LogP contribution < -0.4 is 0 Å². The fourth-order valence-corrected chi connectivity index (χ4v) is 2.54. The smallest absolute Gasteiger partial charge is 0.207 e. The van der Waals surface area contributed by atoms with Gasteiger partial charge in [0.1, 0.15) is 6.10 Å². The fourth-order valence-electron chi connectivity index (χ4n) is 2.54. The van der Waals surface area contributed by atoms with E-state index in [0.717, 1.165) is 12.0 Å². The van der Waals surface area contributed by atoms with Crippen LogP contribution in [0.1, 0.15) is 39.2 Å². The number of nitro groups is 1. The standard InChI is InChI=1S/C17H25NO4/c1-4-8-16(11-18(20)21)13(2)17(19)14(3)22-12-15-9-6-5-7-10-15/h5-7,9-10,13-14,16H,4,8,11-12H2,1-3H3/t13-,14-,16+/m0/s1. The maximum atomic E-state index is 12.4. The SMILES string of the molecule is CCC[C@H](C[N+](=O)[O-])[C@H](C)C(=O)[C@H](C)OCc1ccccc1. The Balaban J connectivity index is 2.57. The van der Waals surface area contributed by atoms with Gasteiger partial charge in [0.2, 0.25) is 6.54 Å². The monoisotopic (exact) mass is 307 g/mol. The van der Waals surface area contributed by atoms with Crippen LogP contribution in [0.4, 0.5) is 0 Å². The highest BCUT2D eigenvalue weighted by atomic mass is 16.6. The number of carbonyl (C=O) groups is 1. The summed E-state index contributed by atoms with van der Waals surface area (Å²) in [5, 5.41) is 10.8. The quantitative estimate of drug-likeness (QED) is 0.490. The zero-order chi connectivity index (χ0) is 16.5. The van der Waals surface area contributed by atoms with E-state index in [0.29, 0.717) is 13.0 Å². The molecule has 0 aliphatic carbocycles. The number of nitrogens with zero attached hydrogens (tertiary/aromatic N) is 1. The molecule has 0 aliphatic rings. The fraction of sp³-hybridized carbons (Fsp3) is 0.588. The van der Waals surface area contributed by atoms with E-state index in [-0.39, 0.29) is 29.1 Å². The van der Waals surface area contributed by atoms with Crippen LogP contribution in [0.25, 0.3) is 0 Å². The minimum absolute atomic E-state index is 0.0590. The van der Waals surface area contributed by atoms with E-state index in [1.807, 2.05) is 37.3 Å². The van der Waals surface area contributed by atoms with E-state index < -0.39 is 6.10 Å². The van der Waals surface area contributed by atoms with Crippen LogP contribution >= 0.6 is 0 Å². The summed E-state index contributed by atoms with van der Waals surface area (Å²) in [5.74, 6) is -0.650. The molecule has 0 amide bonds. The Kier molecular flexibility index (Phi) is 7.74. The Hall–Kier alpha value is -1.75.